The molecule has 0 aromatic heterocycles. The quantitative estimate of drug-likeness (QED) is 0.679. The number of hydrogen-bond acceptors (Lipinski definition) is 4. The molecule has 144 valence electrons. The van der Waals surface area contributed by atoms with Crippen molar-refractivity contribution in [1.29, 1.82) is 0 Å². The first kappa shape index (κ1) is 20.5. The molecule has 3 amide bonds. The van der Waals surface area contributed by atoms with Gasteiger partial charge in [-0.05, 0) is 30.5 Å². The van der Waals surface area contributed by atoms with E-state index in [-0.39, 0.29) is 23.3 Å². The molecule has 2 rings (SSSR count). The number of urea groups is 1. The zero-order valence-corrected chi connectivity index (χ0v) is 16.4. The average molecular weight is 402 g/mol. The molecule has 26 heavy (non-hydrogen) atoms. The fraction of sp³-hybridized carbons (Fsp3) is 0.529. The van der Waals surface area contributed by atoms with Crippen molar-refractivity contribution in [3.05, 3.63) is 29.3 Å². The van der Waals surface area contributed by atoms with Gasteiger partial charge in [-0.2, -0.15) is 0 Å². The number of nitrogens with one attached hydrogen (secondary N) is 3. The summed E-state index contributed by atoms with van der Waals surface area (Å²) >= 11 is 5.92. The van der Waals surface area contributed by atoms with Crippen LogP contribution in [0.4, 0.5) is 10.5 Å². The maximum Gasteiger partial charge on any atom is 0.315 e. The van der Waals surface area contributed by atoms with Crippen LogP contribution in [0.2, 0.25) is 5.02 Å². The lowest BCUT2D eigenvalue weighted by Gasteiger charge is -2.24. The molecule has 1 aliphatic rings. The monoisotopic (exact) mass is 401 g/mol. The topological polar surface area (TPSA) is 104 Å². The average Bonchev–Trinajstić information content (AvgIpc) is 2.90. The van der Waals surface area contributed by atoms with Gasteiger partial charge < -0.3 is 16.0 Å². The van der Waals surface area contributed by atoms with Crippen LogP contribution in [0.25, 0.3) is 0 Å². The normalized spacial score (nSPS) is 20.8. The largest absolute Gasteiger partial charge is 0.334 e. The highest BCUT2D eigenvalue weighted by Gasteiger charge is 2.31. The van der Waals surface area contributed by atoms with E-state index in [1.165, 1.54) is 0 Å². The molecule has 3 atom stereocenters. The lowest BCUT2D eigenvalue weighted by Crippen LogP contribution is -2.53. The smallest absolute Gasteiger partial charge is 0.315 e. The number of sulfone groups is 1. The number of rotatable bonds is 6. The van der Waals surface area contributed by atoms with E-state index < -0.39 is 28.0 Å². The van der Waals surface area contributed by atoms with E-state index >= 15 is 0 Å². The maximum absolute atomic E-state index is 12.6. The first-order chi connectivity index (χ1) is 12.2. The molecule has 1 fully saturated rings. The molecule has 0 saturated carbocycles. The van der Waals surface area contributed by atoms with Crippen LogP contribution < -0.4 is 16.0 Å². The molecular formula is C17H24ClN3O4S. The second kappa shape index (κ2) is 8.73. The number of benzene rings is 1. The lowest BCUT2D eigenvalue weighted by atomic mass is 9.98. The van der Waals surface area contributed by atoms with Crippen LogP contribution in [0.15, 0.2) is 24.3 Å². The van der Waals surface area contributed by atoms with E-state index in [1.807, 2.05) is 13.8 Å². The van der Waals surface area contributed by atoms with Crippen molar-refractivity contribution in [1.82, 2.24) is 10.6 Å². The minimum absolute atomic E-state index is 0.0663. The van der Waals surface area contributed by atoms with Crippen LogP contribution in [-0.2, 0) is 14.6 Å². The van der Waals surface area contributed by atoms with Crippen molar-refractivity contribution in [3.8, 4) is 0 Å². The summed E-state index contributed by atoms with van der Waals surface area (Å²) in [4.78, 5) is 24.8. The van der Waals surface area contributed by atoms with E-state index in [1.54, 1.807) is 24.3 Å². The van der Waals surface area contributed by atoms with Crippen LogP contribution >= 0.6 is 11.6 Å². The summed E-state index contributed by atoms with van der Waals surface area (Å²) in [5, 5.41) is 8.55. The van der Waals surface area contributed by atoms with Gasteiger partial charge in [0.15, 0.2) is 9.84 Å². The lowest BCUT2D eigenvalue weighted by molar-refractivity contribution is -0.119. The van der Waals surface area contributed by atoms with Gasteiger partial charge in [-0.1, -0.05) is 37.9 Å². The highest BCUT2D eigenvalue weighted by Crippen LogP contribution is 2.17. The molecular weight excluding hydrogens is 378 g/mol. The van der Waals surface area contributed by atoms with E-state index in [0.717, 1.165) is 0 Å². The fourth-order valence-electron chi connectivity index (χ4n) is 2.77. The van der Waals surface area contributed by atoms with Crippen molar-refractivity contribution in [2.45, 2.75) is 38.8 Å². The molecule has 3 N–H and O–H groups in total. The minimum Gasteiger partial charge on any atom is -0.334 e. The Kier molecular flexibility index (Phi) is 6.88. The minimum atomic E-state index is -3.09. The van der Waals surface area contributed by atoms with Crippen LogP contribution in [0.3, 0.4) is 0 Å². The van der Waals surface area contributed by atoms with Gasteiger partial charge in [-0.3, -0.25) is 4.79 Å². The summed E-state index contributed by atoms with van der Waals surface area (Å²) in [7, 11) is -3.09. The van der Waals surface area contributed by atoms with Crippen molar-refractivity contribution in [3.63, 3.8) is 0 Å². The molecule has 1 saturated heterocycles. The molecule has 1 aromatic carbocycles. The second-order valence-corrected chi connectivity index (χ2v) is 9.25. The highest BCUT2D eigenvalue weighted by molar-refractivity contribution is 7.91. The van der Waals surface area contributed by atoms with Crippen LogP contribution in [0.1, 0.15) is 26.7 Å². The Morgan fingerprint density at radius 2 is 2.08 bits per heavy atom. The predicted molar refractivity (Wildman–Crippen MR) is 102 cm³/mol. The fourth-order valence-corrected chi connectivity index (χ4v) is 4.63. The third-order valence-electron chi connectivity index (χ3n) is 4.44. The van der Waals surface area contributed by atoms with Crippen molar-refractivity contribution >= 4 is 39.1 Å². The van der Waals surface area contributed by atoms with E-state index in [4.69, 9.17) is 11.6 Å². The Labute approximate surface area is 158 Å². The van der Waals surface area contributed by atoms with Gasteiger partial charge >= 0.3 is 6.03 Å². The van der Waals surface area contributed by atoms with E-state index in [0.29, 0.717) is 23.6 Å². The van der Waals surface area contributed by atoms with Crippen LogP contribution in [0, 0.1) is 5.92 Å². The molecule has 0 aliphatic carbocycles. The Morgan fingerprint density at radius 1 is 1.35 bits per heavy atom. The standard InChI is InChI=1S/C17H24ClN3O4S/c1-3-11(2)15(16(22)19-13-6-4-5-12(18)9-13)21-17(23)20-14-7-8-26(24,25)10-14/h4-6,9,11,14-15H,3,7-8,10H2,1-2H3,(H,19,22)(H2,20,21,23)/t11-,14-,15+/m1/s1. The van der Waals surface area contributed by atoms with E-state index in [9.17, 15) is 18.0 Å². The molecule has 9 heteroatoms. The molecule has 1 aromatic rings. The molecule has 0 unspecified atom stereocenters. The third-order valence-corrected chi connectivity index (χ3v) is 6.44. The molecule has 1 aliphatic heterocycles. The van der Waals surface area contributed by atoms with Gasteiger partial charge in [-0.15, -0.1) is 0 Å². The first-order valence-corrected chi connectivity index (χ1v) is 10.7. The number of carbonyl (C=O) groups excluding carboxylic acids is 2. The SMILES string of the molecule is CC[C@@H](C)[C@H](NC(=O)N[C@@H]1CCS(=O)(=O)C1)C(=O)Nc1cccc(Cl)c1. The van der Waals surface area contributed by atoms with Gasteiger partial charge in [0.1, 0.15) is 6.04 Å². The van der Waals surface area contributed by atoms with Gasteiger partial charge in [0.25, 0.3) is 0 Å². The number of halogens is 1. The summed E-state index contributed by atoms with van der Waals surface area (Å²) in [6, 6.07) is 5.03. The van der Waals surface area contributed by atoms with Gasteiger partial charge in [0.2, 0.25) is 5.91 Å². The maximum atomic E-state index is 12.6. The molecule has 7 nitrogen and oxygen atoms in total. The molecule has 0 bridgehead atoms. The summed E-state index contributed by atoms with van der Waals surface area (Å²) in [5.41, 5.74) is 0.542. The molecule has 0 radical (unpaired) electrons. The van der Waals surface area contributed by atoms with E-state index in [2.05, 4.69) is 16.0 Å². The molecule has 1 heterocycles. The van der Waals surface area contributed by atoms with Gasteiger partial charge in [0, 0.05) is 16.8 Å². The Balaban J connectivity index is 2.00. The highest BCUT2D eigenvalue weighted by atomic mass is 35.5. The Hall–Kier alpha value is -1.80. The van der Waals surface area contributed by atoms with Crippen LogP contribution in [-0.4, -0.2) is 43.9 Å². The zero-order valence-electron chi connectivity index (χ0n) is 14.8. The Bertz CT molecular complexity index is 769. The zero-order chi connectivity index (χ0) is 19.3. The summed E-state index contributed by atoms with van der Waals surface area (Å²) in [6.07, 6.45) is 1.07. The molecule has 0 spiro atoms. The van der Waals surface area contributed by atoms with Crippen molar-refractivity contribution in [2.75, 3.05) is 16.8 Å². The number of hydrogen-bond donors (Lipinski definition) is 3. The number of carbonyl (C=O) groups is 2. The van der Waals surface area contributed by atoms with Gasteiger partial charge in [0.05, 0.1) is 11.5 Å². The summed E-state index contributed by atoms with van der Waals surface area (Å²) in [5.74, 6) is -0.450. The Morgan fingerprint density at radius 3 is 2.65 bits per heavy atom. The third kappa shape index (κ3) is 5.88. The van der Waals surface area contributed by atoms with Crippen LogP contribution in [0.5, 0.6) is 0 Å². The van der Waals surface area contributed by atoms with Crippen molar-refractivity contribution < 1.29 is 18.0 Å². The van der Waals surface area contributed by atoms with Crippen molar-refractivity contribution in [2.24, 2.45) is 5.92 Å². The number of amides is 3. The predicted octanol–water partition coefficient (Wildman–Crippen LogP) is 2.18. The number of anilines is 1. The first-order valence-electron chi connectivity index (χ1n) is 8.54. The summed E-state index contributed by atoms with van der Waals surface area (Å²) < 4.78 is 23.0. The summed E-state index contributed by atoms with van der Waals surface area (Å²) in [6.45, 7) is 3.79. The van der Waals surface area contributed by atoms with Gasteiger partial charge in [-0.25, -0.2) is 13.2 Å². The second-order valence-electron chi connectivity index (χ2n) is 6.58.